The molecule has 0 bridgehead atoms. The lowest BCUT2D eigenvalue weighted by molar-refractivity contribution is -0.149. The minimum absolute atomic E-state index is 0.308. The van der Waals surface area contributed by atoms with Crippen molar-refractivity contribution in [1.29, 1.82) is 0 Å². The van der Waals surface area contributed by atoms with Crippen molar-refractivity contribution in [3.63, 3.8) is 0 Å². The number of hydrogen-bond acceptors (Lipinski definition) is 6. The van der Waals surface area contributed by atoms with Crippen LogP contribution in [-0.2, 0) is 23.8 Å². The lowest BCUT2D eigenvalue weighted by Gasteiger charge is -2.30. The van der Waals surface area contributed by atoms with E-state index in [9.17, 15) is 14.7 Å². The van der Waals surface area contributed by atoms with Crippen LogP contribution in [0.4, 0.5) is 0 Å². The molecule has 1 aliphatic carbocycles. The molecule has 0 unspecified atom stereocenters. The fourth-order valence-electron chi connectivity index (χ4n) is 4.01. The van der Waals surface area contributed by atoms with E-state index in [1.807, 2.05) is 19.9 Å². The third-order valence-electron chi connectivity index (χ3n) is 6.08. The van der Waals surface area contributed by atoms with Gasteiger partial charge < -0.3 is 19.3 Å². The number of carbonyl (C=O) groups excluding carboxylic acids is 2. The molecular weight excluding hydrogens is 336 g/mol. The number of aliphatic hydroxyl groups is 1. The summed E-state index contributed by atoms with van der Waals surface area (Å²) in [6, 6.07) is 0. The van der Waals surface area contributed by atoms with Crippen LogP contribution in [0.15, 0.2) is 23.3 Å². The average molecular weight is 364 g/mol. The molecule has 0 aromatic rings. The molecule has 0 saturated carbocycles. The van der Waals surface area contributed by atoms with Crippen LogP contribution in [0.25, 0.3) is 0 Å². The van der Waals surface area contributed by atoms with Crippen LogP contribution < -0.4 is 0 Å². The predicted molar refractivity (Wildman–Crippen MR) is 94.1 cm³/mol. The van der Waals surface area contributed by atoms with Gasteiger partial charge in [-0.1, -0.05) is 24.6 Å². The van der Waals surface area contributed by atoms with Crippen LogP contribution in [0.1, 0.15) is 47.5 Å². The molecular formula is C20H28O6. The molecule has 6 nitrogen and oxygen atoms in total. The summed E-state index contributed by atoms with van der Waals surface area (Å²) in [4.78, 5) is 24.7. The summed E-state index contributed by atoms with van der Waals surface area (Å²) >= 11 is 0. The quantitative estimate of drug-likeness (QED) is 0.350. The molecule has 0 aromatic carbocycles. The molecule has 26 heavy (non-hydrogen) atoms. The highest BCUT2D eigenvalue weighted by molar-refractivity contribution is 5.87. The van der Waals surface area contributed by atoms with Crippen molar-refractivity contribution in [2.24, 2.45) is 11.8 Å². The van der Waals surface area contributed by atoms with Gasteiger partial charge in [-0.15, -0.1) is 0 Å². The van der Waals surface area contributed by atoms with E-state index in [-0.39, 0.29) is 24.0 Å². The zero-order valence-electron chi connectivity index (χ0n) is 16.0. The first-order valence-electron chi connectivity index (χ1n) is 9.25. The molecule has 2 heterocycles. The van der Waals surface area contributed by atoms with Crippen molar-refractivity contribution in [2.45, 2.75) is 77.5 Å². The van der Waals surface area contributed by atoms with E-state index in [0.29, 0.717) is 18.4 Å². The number of epoxide rings is 1. The van der Waals surface area contributed by atoms with E-state index >= 15 is 0 Å². The molecule has 6 heteroatoms. The van der Waals surface area contributed by atoms with Crippen molar-refractivity contribution in [3.8, 4) is 0 Å². The Morgan fingerprint density at radius 2 is 2.15 bits per heavy atom. The molecule has 2 saturated heterocycles. The van der Waals surface area contributed by atoms with Gasteiger partial charge in [0.05, 0.1) is 12.0 Å². The number of hydrogen-bond donors (Lipinski definition) is 1. The van der Waals surface area contributed by atoms with Gasteiger partial charge in [0.1, 0.15) is 23.9 Å². The smallest absolute Gasteiger partial charge is 0.333 e. The second-order valence-electron chi connectivity index (χ2n) is 7.91. The molecule has 2 aliphatic heterocycles. The largest absolute Gasteiger partial charge is 0.459 e. The second-order valence-corrected chi connectivity index (χ2v) is 7.91. The molecule has 0 spiro atoms. The standard InChI is InChI=1S/C20H28O6/c1-6-11(3)18(22)24-13-9-10(2)7-8-14(21)20(5)17(26-20)16-15(13)12(4)19(23)25-16/h6-7,12-17,21H,8-9H2,1-5H3/b10-7+,11-6-/t12-,13+,14-,15+,16-,17-,20+/m0/s1. The highest BCUT2D eigenvalue weighted by atomic mass is 16.7. The first kappa shape index (κ1) is 19.1. The summed E-state index contributed by atoms with van der Waals surface area (Å²) in [6.45, 7) is 9.08. The molecule has 7 atom stereocenters. The lowest BCUT2D eigenvalue weighted by atomic mass is 9.79. The Balaban J connectivity index is 1.96. The number of aliphatic hydroxyl groups excluding tert-OH is 1. The molecule has 3 aliphatic rings. The Kier molecular flexibility index (Phi) is 5.01. The predicted octanol–water partition coefficient (Wildman–Crippen LogP) is 2.30. The monoisotopic (exact) mass is 364 g/mol. The summed E-state index contributed by atoms with van der Waals surface area (Å²) in [5, 5.41) is 10.5. The van der Waals surface area contributed by atoms with Crippen LogP contribution >= 0.6 is 0 Å². The summed E-state index contributed by atoms with van der Waals surface area (Å²) in [7, 11) is 0. The van der Waals surface area contributed by atoms with E-state index in [2.05, 4.69) is 0 Å². The maximum absolute atomic E-state index is 12.4. The van der Waals surface area contributed by atoms with Gasteiger partial charge in [0.2, 0.25) is 0 Å². The zero-order valence-corrected chi connectivity index (χ0v) is 16.0. The maximum Gasteiger partial charge on any atom is 0.333 e. The van der Waals surface area contributed by atoms with Crippen LogP contribution in [0, 0.1) is 11.8 Å². The molecule has 3 rings (SSSR count). The average Bonchev–Trinajstić information content (AvgIpc) is 3.21. The number of allylic oxidation sites excluding steroid dienone is 1. The van der Waals surface area contributed by atoms with Gasteiger partial charge >= 0.3 is 11.9 Å². The minimum atomic E-state index is -0.741. The normalized spacial score (nSPS) is 44.9. The molecule has 2 fully saturated rings. The van der Waals surface area contributed by atoms with Crippen molar-refractivity contribution in [2.75, 3.05) is 0 Å². The number of ether oxygens (including phenoxy) is 3. The highest BCUT2D eigenvalue weighted by Gasteiger charge is 2.67. The van der Waals surface area contributed by atoms with E-state index in [4.69, 9.17) is 14.2 Å². The van der Waals surface area contributed by atoms with Crippen LogP contribution in [0.3, 0.4) is 0 Å². The van der Waals surface area contributed by atoms with E-state index < -0.39 is 29.8 Å². The third-order valence-corrected chi connectivity index (χ3v) is 6.08. The zero-order chi connectivity index (χ0) is 19.2. The van der Waals surface area contributed by atoms with Gasteiger partial charge in [-0.05, 0) is 34.1 Å². The Morgan fingerprint density at radius 1 is 1.46 bits per heavy atom. The molecule has 0 amide bonds. The van der Waals surface area contributed by atoms with Crippen molar-refractivity contribution in [1.82, 2.24) is 0 Å². The Labute approximate surface area is 154 Å². The minimum Gasteiger partial charge on any atom is -0.459 e. The lowest BCUT2D eigenvalue weighted by Crippen LogP contribution is -2.42. The fraction of sp³-hybridized carbons (Fsp3) is 0.700. The van der Waals surface area contributed by atoms with Gasteiger partial charge in [0.15, 0.2) is 0 Å². The Morgan fingerprint density at radius 3 is 2.81 bits per heavy atom. The van der Waals surface area contributed by atoms with Gasteiger partial charge in [0, 0.05) is 17.9 Å². The highest BCUT2D eigenvalue weighted by Crippen LogP contribution is 2.50. The van der Waals surface area contributed by atoms with E-state index in [0.717, 1.165) is 5.57 Å². The Bertz CT molecular complexity index is 665. The SMILES string of the molecule is C/C=C(/C)C(=O)O[C@@H]1C/C(C)=C/C[C@H](O)[C@@]2(C)O[C@H]2[C@H]2OC(=O)[C@@H](C)[C@@H]21. The van der Waals surface area contributed by atoms with E-state index in [1.54, 1.807) is 26.8 Å². The van der Waals surface area contributed by atoms with Crippen molar-refractivity contribution >= 4 is 11.9 Å². The number of esters is 2. The fourth-order valence-corrected chi connectivity index (χ4v) is 4.01. The molecule has 1 N–H and O–H groups in total. The summed E-state index contributed by atoms with van der Waals surface area (Å²) in [5.41, 5.74) is 0.795. The number of rotatable bonds is 2. The number of fused-ring (bicyclic) bond motifs is 3. The molecule has 0 aromatic heterocycles. The first-order chi connectivity index (χ1) is 12.2. The molecule has 144 valence electrons. The second kappa shape index (κ2) is 6.82. The molecule has 0 radical (unpaired) electrons. The summed E-state index contributed by atoms with van der Waals surface area (Å²) < 4.78 is 17.2. The van der Waals surface area contributed by atoms with Crippen molar-refractivity contribution in [3.05, 3.63) is 23.3 Å². The Hall–Kier alpha value is -1.66. The van der Waals surface area contributed by atoms with Crippen LogP contribution in [-0.4, -0.2) is 47.1 Å². The van der Waals surface area contributed by atoms with Gasteiger partial charge in [0.25, 0.3) is 0 Å². The maximum atomic E-state index is 12.4. The van der Waals surface area contributed by atoms with Crippen LogP contribution in [0.2, 0.25) is 0 Å². The van der Waals surface area contributed by atoms with Gasteiger partial charge in [-0.3, -0.25) is 4.79 Å². The third kappa shape index (κ3) is 3.21. The topological polar surface area (TPSA) is 85.4 Å². The summed E-state index contributed by atoms with van der Waals surface area (Å²) in [6.07, 6.45) is 2.57. The van der Waals surface area contributed by atoms with Crippen LogP contribution in [0.5, 0.6) is 0 Å². The van der Waals surface area contributed by atoms with Gasteiger partial charge in [-0.25, -0.2) is 4.79 Å². The van der Waals surface area contributed by atoms with Gasteiger partial charge in [-0.2, -0.15) is 0 Å². The number of carbonyl (C=O) groups is 2. The summed E-state index contributed by atoms with van der Waals surface area (Å²) in [5.74, 6) is -1.40. The first-order valence-corrected chi connectivity index (χ1v) is 9.25. The van der Waals surface area contributed by atoms with E-state index in [1.165, 1.54) is 0 Å². The van der Waals surface area contributed by atoms with Crippen molar-refractivity contribution < 1.29 is 28.9 Å².